The number of carboxylic acids is 2. The van der Waals surface area contributed by atoms with Crippen molar-refractivity contribution in [3.63, 3.8) is 0 Å². The minimum absolute atomic E-state index is 0.160. The number of aromatic hydroxyl groups is 1. The van der Waals surface area contributed by atoms with E-state index in [-0.39, 0.29) is 12.2 Å². The van der Waals surface area contributed by atoms with Gasteiger partial charge in [-0.05, 0) is 48.2 Å². The number of carboxylic acid groups (broad SMARTS) is 2. The molecule has 2 rings (SSSR count). The van der Waals surface area contributed by atoms with Crippen LogP contribution in [0.25, 0.3) is 0 Å². The monoisotopic (exact) mass is 376 g/mol. The van der Waals surface area contributed by atoms with E-state index < -0.39 is 24.0 Å². The standard InChI is InChI=1S/C10H13NO3.C9H11NO3/c1-14-8-4-2-7(3-5-8)6-9(11)10(12)13;10-8(9(12)13)5-6-1-3-7(11)4-2-6/h2-5,9H,6,11H2,1H3,(H,12,13);1-4,8,11H,5,10H2,(H,12,13)/t9-;8-/m00/s1. The molecule has 0 aliphatic rings. The Morgan fingerprint density at radius 3 is 1.56 bits per heavy atom. The summed E-state index contributed by atoms with van der Waals surface area (Å²) in [4.78, 5) is 20.9. The summed E-state index contributed by atoms with van der Waals surface area (Å²) in [6.07, 6.45) is 0.606. The van der Waals surface area contributed by atoms with Crippen molar-refractivity contribution in [2.75, 3.05) is 7.11 Å². The van der Waals surface area contributed by atoms with E-state index in [2.05, 4.69) is 0 Å². The number of carbonyl (C=O) groups is 2. The Bertz CT molecular complexity index is 731. The molecule has 0 unspecified atom stereocenters. The molecule has 0 heterocycles. The van der Waals surface area contributed by atoms with E-state index in [1.165, 1.54) is 12.1 Å². The van der Waals surface area contributed by atoms with Gasteiger partial charge in [-0.15, -0.1) is 0 Å². The summed E-state index contributed by atoms with van der Waals surface area (Å²) in [5.74, 6) is -1.10. The molecule has 8 heteroatoms. The maximum absolute atomic E-state index is 10.5. The summed E-state index contributed by atoms with van der Waals surface area (Å²) in [6, 6.07) is 11.8. The molecule has 0 aliphatic carbocycles. The maximum Gasteiger partial charge on any atom is 0.320 e. The molecule has 0 aliphatic heterocycles. The van der Waals surface area contributed by atoms with Gasteiger partial charge in [0.25, 0.3) is 0 Å². The Labute approximate surface area is 157 Å². The molecule has 2 aromatic carbocycles. The second kappa shape index (κ2) is 10.8. The van der Waals surface area contributed by atoms with E-state index in [1.54, 1.807) is 31.4 Å². The maximum atomic E-state index is 10.5. The highest BCUT2D eigenvalue weighted by Gasteiger charge is 2.12. The predicted molar refractivity (Wildman–Crippen MR) is 99.7 cm³/mol. The lowest BCUT2D eigenvalue weighted by molar-refractivity contribution is -0.139. The molecule has 0 saturated carbocycles. The molecule has 0 radical (unpaired) electrons. The van der Waals surface area contributed by atoms with Gasteiger partial charge in [0.05, 0.1) is 7.11 Å². The Hall–Kier alpha value is -3.10. The topological polar surface area (TPSA) is 156 Å². The molecular formula is C19H24N2O6. The van der Waals surface area contributed by atoms with Gasteiger partial charge in [0, 0.05) is 0 Å². The number of aliphatic carboxylic acids is 2. The summed E-state index contributed by atoms with van der Waals surface area (Å²) in [5, 5.41) is 26.1. The summed E-state index contributed by atoms with van der Waals surface area (Å²) in [7, 11) is 1.58. The SMILES string of the molecule is COc1ccc(C[C@H](N)C(=O)O)cc1.N[C@@H](Cc1ccc(O)cc1)C(=O)O. The van der Waals surface area contributed by atoms with Crippen molar-refractivity contribution >= 4 is 11.9 Å². The van der Waals surface area contributed by atoms with Crippen LogP contribution in [0.5, 0.6) is 11.5 Å². The highest BCUT2D eigenvalue weighted by molar-refractivity contribution is 5.73. The van der Waals surface area contributed by atoms with Crippen molar-refractivity contribution in [3.05, 3.63) is 59.7 Å². The zero-order chi connectivity index (χ0) is 20.4. The summed E-state index contributed by atoms with van der Waals surface area (Å²) < 4.78 is 4.97. The van der Waals surface area contributed by atoms with Crippen LogP contribution in [0, 0.1) is 0 Å². The number of phenolic OH excluding ortho intramolecular Hbond substituents is 1. The number of benzene rings is 2. The molecule has 146 valence electrons. The lowest BCUT2D eigenvalue weighted by Crippen LogP contribution is -2.32. The lowest BCUT2D eigenvalue weighted by atomic mass is 10.1. The van der Waals surface area contributed by atoms with Crippen LogP contribution < -0.4 is 16.2 Å². The Morgan fingerprint density at radius 2 is 1.22 bits per heavy atom. The van der Waals surface area contributed by atoms with E-state index in [0.717, 1.165) is 16.9 Å². The van der Waals surface area contributed by atoms with Gasteiger partial charge < -0.3 is 31.5 Å². The summed E-state index contributed by atoms with van der Waals surface area (Å²) >= 11 is 0. The molecule has 0 saturated heterocycles. The third-order valence-corrected chi connectivity index (χ3v) is 3.64. The van der Waals surface area contributed by atoms with Crippen LogP contribution in [0.1, 0.15) is 11.1 Å². The summed E-state index contributed by atoms with van der Waals surface area (Å²) in [6.45, 7) is 0. The fourth-order valence-corrected chi connectivity index (χ4v) is 2.08. The van der Waals surface area contributed by atoms with Crippen molar-refractivity contribution < 1.29 is 29.6 Å². The Balaban J connectivity index is 0.000000271. The fraction of sp³-hybridized carbons (Fsp3) is 0.263. The number of ether oxygens (including phenoxy) is 1. The predicted octanol–water partition coefficient (Wildman–Crippen LogP) is 0.996. The molecule has 0 aromatic heterocycles. The second-order valence-corrected chi connectivity index (χ2v) is 5.81. The Morgan fingerprint density at radius 1 is 0.852 bits per heavy atom. The van der Waals surface area contributed by atoms with E-state index in [9.17, 15) is 9.59 Å². The quantitative estimate of drug-likeness (QED) is 0.479. The number of nitrogens with two attached hydrogens (primary N) is 2. The van der Waals surface area contributed by atoms with E-state index in [0.29, 0.717) is 6.42 Å². The number of hydrogen-bond acceptors (Lipinski definition) is 6. The first kappa shape index (κ1) is 21.9. The highest BCUT2D eigenvalue weighted by Crippen LogP contribution is 2.12. The number of rotatable bonds is 7. The van der Waals surface area contributed by atoms with Gasteiger partial charge in [-0.25, -0.2) is 0 Å². The molecule has 0 fully saturated rings. The van der Waals surface area contributed by atoms with Gasteiger partial charge >= 0.3 is 11.9 Å². The van der Waals surface area contributed by atoms with Gasteiger partial charge in [0.1, 0.15) is 23.6 Å². The van der Waals surface area contributed by atoms with Crippen molar-refractivity contribution in [1.29, 1.82) is 0 Å². The average molecular weight is 376 g/mol. The first-order valence-corrected chi connectivity index (χ1v) is 8.10. The van der Waals surface area contributed by atoms with Crippen molar-refractivity contribution in [2.24, 2.45) is 11.5 Å². The van der Waals surface area contributed by atoms with Crippen LogP contribution >= 0.6 is 0 Å². The molecule has 27 heavy (non-hydrogen) atoms. The van der Waals surface area contributed by atoms with E-state index >= 15 is 0 Å². The molecule has 0 bridgehead atoms. The molecule has 8 nitrogen and oxygen atoms in total. The Kier molecular flexibility index (Phi) is 8.77. The normalized spacial score (nSPS) is 12.3. The van der Waals surface area contributed by atoms with Crippen LogP contribution in [-0.2, 0) is 22.4 Å². The van der Waals surface area contributed by atoms with Crippen molar-refractivity contribution in [1.82, 2.24) is 0 Å². The first-order valence-electron chi connectivity index (χ1n) is 8.10. The zero-order valence-electron chi connectivity index (χ0n) is 14.9. The van der Waals surface area contributed by atoms with E-state index in [1.807, 2.05) is 12.1 Å². The van der Waals surface area contributed by atoms with Crippen LogP contribution in [0.3, 0.4) is 0 Å². The van der Waals surface area contributed by atoms with Gasteiger partial charge in [-0.3, -0.25) is 9.59 Å². The van der Waals surface area contributed by atoms with Crippen LogP contribution in [-0.4, -0.2) is 46.5 Å². The van der Waals surface area contributed by atoms with E-state index in [4.69, 9.17) is 31.5 Å². The van der Waals surface area contributed by atoms with Gasteiger partial charge in [0.15, 0.2) is 0 Å². The highest BCUT2D eigenvalue weighted by atomic mass is 16.5. The van der Waals surface area contributed by atoms with Crippen molar-refractivity contribution in [2.45, 2.75) is 24.9 Å². The van der Waals surface area contributed by atoms with Crippen LogP contribution in [0.4, 0.5) is 0 Å². The van der Waals surface area contributed by atoms with Gasteiger partial charge in [-0.2, -0.15) is 0 Å². The minimum Gasteiger partial charge on any atom is -0.508 e. The smallest absolute Gasteiger partial charge is 0.320 e. The third kappa shape index (κ3) is 8.21. The van der Waals surface area contributed by atoms with Crippen LogP contribution in [0.2, 0.25) is 0 Å². The molecular weight excluding hydrogens is 352 g/mol. The molecule has 0 amide bonds. The lowest BCUT2D eigenvalue weighted by Gasteiger charge is -2.06. The molecule has 2 atom stereocenters. The van der Waals surface area contributed by atoms with Gasteiger partial charge in [0.2, 0.25) is 0 Å². The number of methoxy groups -OCH3 is 1. The molecule has 0 spiro atoms. The fourth-order valence-electron chi connectivity index (χ4n) is 2.08. The second-order valence-electron chi connectivity index (χ2n) is 5.81. The molecule has 2 aromatic rings. The largest absolute Gasteiger partial charge is 0.508 e. The average Bonchev–Trinajstić information content (AvgIpc) is 2.64. The first-order chi connectivity index (χ1) is 12.7. The van der Waals surface area contributed by atoms with Crippen LogP contribution in [0.15, 0.2) is 48.5 Å². The minimum atomic E-state index is -1.02. The summed E-state index contributed by atoms with van der Waals surface area (Å²) in [5.41, 5.74) is 12.4. The van der Waals surface area contributed by atoms with Crippen molar-refractivity contribution in [3.8, 4) is 11.5 Å². The number of hydrogen-bond donors (Lipinski definition) is 5. The number of phenols is 1. The molecule has 7 N–H and O–H groups in total. The van der Waals surface area contributed by atoms with Gasteiger partial charge in [-0.1, -0.05) is 24.3 Å². The zero-order valence-corrected chi connectivity index (χ0v) is 14.9. The third-order valence-electron chi connectivity index (χ3n) is 3.64.